The smallest absolute Gasteiger partial charge is 0.313 e. The van der Waals surface area contributed by atoms with Gasteiger partial charge in [0, 0.05) is 0 Å². The molecular formula is C34H50O3. The molecule has 6 aliphatic carbocycles. The highest BCUT2D eigenvalue weighted by molar-refractivity contribution is 5.79. The molecule has 3 nitrogen and oxygen atoms in total. The van der Waals surface area contributed by atoms with Gasteiger partial charge in [0.15, 0.2) is 0 Å². The molecule has 1 N–H and O–H groups in total. The molecule has 0 aromatic heterocycles. The molecule has 6 rings (SSSR count). The first-order valence-corrected chi connectivity index (χ1v) is 15.6. The second-order valence-corrected chi connectivity index (χ2v) is 14.5. The number of carbonyl (C=O) groups excluding carboxylic acids is 1. The summed E-state index contributed by atoms with van der Waals surface area (Å²) in [5, 5.41) is 10.7. The summed E-state index contributed by atoms with van der Waals surface area (Å²) in [5.74, 6) is 3.31. The molecule has 3 heteroatoms. The fraction of sp³-hybridized carbons (Fsp3) is 0.794. The van der Waals surface area contributed by atoms with Crippen molar-refractivity contribution in [1.82, 2.24) is 0 Å². The third kappa shape index (κ3) is 3.87. The molecule has 0 aromatic rings. The van der Waals surface area contributed by atoms with Crippen molar-refractivity contribution in [2.75, 3.05) is 6.61 Å². The second kappa shape index (κ2) is 9.39. The number of rotatable bonds is 3. The van der Waals surface area contributed by atoms with Gasteiger partial charge in [-0.3, -0.25) is 4.79 Å². The average Bonchev–Trinajstić information content (AvgIpc) is 2.89. The Labute approximate surface area is 225 Å². The number of allylic oxidation sites excluding steroid dienone is 4. The standard InChI is InChI=1S/C34H50O3/c1-22-9-8-17-34(31(36)37-21-24-10-6-5-7-11-24)20-15-27-25(30(22)34)12-13-29-32(3)19-16-28(35)23(2)26(32)14-18-33(27,29)4/h6,10-12,22-23,26-30,35H,5,7-9,13-21H2,1-4H3. The number of fused-ring (bicyclic) bond motifs is 7. The highest BCUT2D eigenvalue weighted by Crippen LogP contribution is 2.70. The lowest BCUT2D eigenvalue weighted by atomic mass is 9.38. The normalized spacial score (nSPS) is 48.9. The number of carbonyl (C=O) groups is 1. The number of ether oxygens (including phenoxy) is 1. The summed E-state index contributed by atoms with van der Waals surface area (Å²) < 4.78 is 6.14. The Morgan fingerprint density at radius 2 is 1.81 bits per heavy atom. The Balaban J connectivity index is 1.30. The van der Waals surface area contributed by atoms with Gasteiger partial charge in [0.2, 0.25) is 0 Å². The molecule has 37 heavy (non-hydrogen) atoms. The summed E-state index contributed by atoms with van der Waals surface area (Å²) in [6, 6.07) is 0. The third-order valence-electron chi connectivity index (χ3n) is 13.0. The summed E-state index contributed by atoms with van der Waals surface area (Å²) in [4.78, 5) is 14.0. The van der Waals surface area contributed by atoms with Crippen molar-refractivity contribution in [3.63, 3.8) is 0 Å². The highest BCUT2D eigenvalue weighted by atomic mass is 16.5. The van der Waals surface area contributed by atoms with Crippen LogP contribution in [0.1, 0.15) is 105 Å². The zero-order chi connectivity index (χ0) is 26.0. The molecule has 204 valence electrons. The predicted molar refractivity (Wildman–Crippen MR) is 149 cm³/mol. The van der Waals surface area contributed by atoms with Crippen molar-refractivity contribution in [2.45, 2.75) is 111 Å². The molecule has 4 saturated carbocycles. The van der Waals surface area contributed by atoms with E-state index in [9.17, 15) is 9.90 Å². The van der Waals surface area contributed by atoms with Gasteiger partial charge in [-0.2, -0.15) is 0 Å². The van der Waals surface area contributed by atoms with Crippen LogP contribution in [0.2, 0.25) is 0 Å². The third-order valence-corrected chi connectivity index (χ3v) is 13.0. The molecule has 0 amide bonds. The Morgan fingerprint density at radius 1 is 1.00 bits per heavy atom. The quantitative estimate of drug-likeness (QED) is 0.314. The Bertz CT molecular complexity index is 1010. The average molecular weight is 507 g/mol. The van der Waals surface area contributed by atoms with Crippen LogP contribution in [0.4, 0.5) is 0 Å². The topological polar surface area (TPSA) is 46.5 Å². The van der Waals surface area contributed by atoms with E-state index >= 15 is 0 Å². The van der Waals surface area contributed by atoms with E-state index < -0.39 is 0 Å². The zero-order valence-electron chi connectivity index (χ0n) is 23.8. The number of hydrogen-bond acceptors (Lipinski definition) is 3. The summed E-state index contributed by atoms with van der Waals surface area (Å²) in [7, 11) is 0. The van der Waals surface area contributed by atoms with E-state index in [1.807, 2.05) is 0 Å². The molecular weight excluding hydrogens is 456 g/mol. The minimum atomic E-state index is -0.327. The zero-order valence-corrected chi connectivity index (χ0v) is 23.8. The fourth-order valence-electron chi connectivity index (χ4n) is 11.1. The molecule has 0 bridgehead atoms. The Hall–Kier alpha value is -1.35. The van der Waals surface area contributed by atoms with E-state index in [4.69, 9.17) is 4.74 Å². The van der Waals surface area contributed by atoms with Gasteiger partial charge in [0.05, 0.1) is 11.5 Å². The van der Waals surface area contributed by atoms with Crippen LogP contribution in [0.5, 0.6) is 0 Å². The minimum absolute atomic E-state index is 0.0845. The van der Waals surface area contributed by atoms with Crippen LogP contribution in [0.15, 0.2) is 35.5 Å². The van der Waals surface area contributed by atoms with Crippen molar-refractivity contribution >= 4 is 5.97 Å². The number of esters is 1. The van der Waals surface area contributed by atoms with Gasteiger partial charge in [0.25, 0.3) is 0 Å². The van der Waals surface area contributed by atoms with Crippen LogP contribution in [0.3, 0.4) is 0 Å². The molecule has 0 heterocycles. The fourth-order valence-corrected chi connectivity index (χ4v) is 11.1. The van der Waals surface area contributed by atoms with Gasteiger partial charge in [-0.05, 0) is 116 Å². The Kier molecular flexibility index (Phi) is 6.57. The van der Waals surface area contributed by atoms with Crippen LogP contribution in [-0.2, 0) is 9.53 Å². The monoisotopic (exact) mass is 506 g/mol. The van der Waals surface area contributed by atoms with E-state index in [0.29, 0.717) is 52.9 Å². The molecule has 0 aliphatic heterocycles. The summed E-state index contributed by atoms with van der Waals surface area (Å²) in [5.41, 5.74) is 3.10. The van der Waals surface area contributed by atoms with E-state index in [0.717, 1.165) is 56.9 Å². The molecule has 4 fully saturated rings. The lowest BCUT2D eigenvalue weighted by molar-refractivity contribution is -0.174. The molecule has 0 radical (unpaired) electrons. The van der Waals surface area contributed by atoms with E-state index in [2.05, 4.69) is 52.0 Å². The van der Waals surface area contributed by atoms with Crippen molar-refractivity contribution < 1.29 is 14.6 Å². The minimum Gasteiger partial charge on any atom is -0.460 e. The van der Waals surface area contributed by atoms with Gasteiger partial charge in [-0.15, -0.1) is 0 Å². The van der Waals surface area contributed by atoms with Crippen LogP contribution < -0.4 is 0 Å². The first-order chi connectivity index (χ1) is 17.7. The number of hydrogen-bond donors (Lipinski definition) is 1. The summed E-state index contributed by atoms with van der Waals surface area (Å²) in [6.45, 7) is 10.3. The van der Waals surface area contributed by atoms with Gasteiger partial charge in [-0.25, -0.2) is 0 Å². The molecule has 0 aromatic carbocycles. The van der Waals surface area contributed by atoms with E-state index in [1.165, 1.54) is 25.7 Å². The van der Waals surface area contributed by atoms with Crippen LogP contribution in [0, 0.1) is 51.8 Å². The first kappa shape index (κ1) is 25.9. The number of aliphatic hydroxyl groups excluding tert-OH is 1. The molecule has 0 spiro atoms. The maximum Gasteiger partial charge on any atom is 0.313 e. The Morgan fingerprint density at radius 3 is 2.59 bits per heavy atom. The van der Waals surface area contributed by atoms with E-state index in [-0.39, 0.29) is 17.5 Å². The van der Waals surface area contributed by atoms with Gasteiger partial charge in [-0.1, -0.05) is 70.4 Å². The predicted octanol–water partition coefficient (Wildman–Crippen LogP) is 7.80. The van der Waals surface area contributed by atoms with Crippen LogP contribution >= 0.6 is 0 Å². The van der Waals surface area contributed by atoms with Crippen molar-refractivity contribution in [1.29, 1.82) is 0 Å². The molecule has 10 unspecified atom stereocenters. The first-order valence-electron chi connectivity index (χ1n) is 15.6. The summed E-state index contributed by atoms with van der Waals surface area (Å²) >= 11 is 0. The van der Waals surface area contributed by atoms with Crippen molar-refractivity contribution in [3.8, 4) is 0 Å². The number of aliphatic hydroxyl groups is 1. The van der Waals surface area contributed by atoms with Gasteiger partial charge >= 0.3 is 5.97 Å². The largest absolute Gasteiger partial charge is 0.460 e. The van der Waals surface area contributed by atoms with Gasteiger partial charge in [0.1, 0.15) is 6.61 Å². The van der Waals surface area contributed by atoms with Crippen molar-refractivity contribution in [2.24, 2.45) is 51.8 Å². The van der Waals surface area contributed by atoms with Crippen LogP contribution in [-0.4, -0.2) is 23.8 Å². The van der Waals surface area contributed by atoms with Crippen LogP contribution in [0.25, 0.3) is 0 Å². The highest BCUT2D eigenvalue weighted by Gasteiger charge is 2.64. The molecule has 10 atom stereocenters. The maximum absolute atomic E-state index is 14.0. The van der Waals surface area contributed by atoms with Gasteiger partial charge < -0.3 is 9.84 Å². The SMILES string of the molecule is CC1CCCC2(C(=O)OCC3=CCCC=C3)CCC3C(=CCC4C3(C)CCC3C(C)C(O)CCC34C)C12. The molecule has 0 saturated heterocycles. The van der Waals surface area contributed by atoms with E-state index in [1.54, 1.807) is 5.57 Å². The van der Waals surface area contributed by atoms with Crippen molar-refractivity contribution in [3.05, 3.63) is 35.5 Å². The lowest BCUT2D eigenvalue weighted by Gasteiger charge is -2.66. The second-order valence-electron chi connectivity index (χ2n) is 14.5. The molecule has 6 aliphatic rings. The lowest BCUT2D eigenvalue weighted by Crippen LogP contribution is -2.60. The summed E-state index contributed by atoms with van der Waals surface area (Å²) in [6.07, 6.45) is 22.5. The maximum atomic E-state index is 14.0.